The maximum atomic E-state index is 5.44. The van der Waals surface area contributed by atoms with Crippen LogP contribution in [0.2, 0.25) is 0 Å². The average molecular weight is 1970 g/mol. The first kappa shape index (κ1) is 102. The molecule has 0 spiro atoms. The van der Waals surface area contributed by atoms with Gasteiger partial charge in [-0.2, -0.15) is 60.7 Å². The van der Waals surface area contributed by atoms with Gasteiger partial charge in [0.15, 0.2) is 0 Å². The summed E-state index contributed by atoms with van der Waals surface area (Å²) >= 11 is -6.80. The number of rotatable bonds is 5. The number of aromatic nitrogens is 7. The van der Waals surface area contributed by atoms with Crippen molar-refractivity contribution in [1.82, 2.24) is 34.9 Å². The molecule has 0 amide bonds. The molecule has 6 aromatic carbocycles. The molecular weight excluding hydrogens is 1880 g/mol. The van der Waals surface area contributed by atoms with Crippen molar-refractivity contribution in [1.29, 1.82) is 0 Å². The van der Waals surface area contributed by atoms with E-state index in [4.69, 9.17) is 77.5 Å². The van der Waals surface area contributed by atoms with Crippen LogP contribution in [0.4, 0.5) is 0 Å². The zero-order chi connectivity index (χ0) is 76.8. The van der Waals surface area contributed by atoms with E-state index < -0.39 is 54.1 Å². The molecule has 7 aromatic heterocycles. The first-order valence-corrected chi connectivity index (χ1v) is 53.0. The first-order valence-electron chi connectivity index (χ1n) is 31.7. The standard InChI is InChI=1S/C12H8N2.C12H9.C11H8N.C11H9N.C11H8N.C10H8N2.4C5H6.4CH3.8ClH.4Ru/c1-3-9-5-6-10-4-2-8-14-12(10)11(9)13-7-1;1-3-7-11(8-4-1)12-9-5-2-6-10-12;1-2-6-10(7-3-1)11-8-4-5-9-12-11;2*1-2-4-10(5-3-1)11-6-8-12-9-7-11;1-5-11-6-2-9(1)10-3-7-12-8-4-10;4*1-4-5(2)3;;;;;;;;;;;;;;;;/h1-8H;1,3-10H;1-6,8-9H;1-9H;2-9H;1-8H;4*2-3H3;4*1H3;8*1H;;;;/q;2*-1;;-1;;;;;;4*-1;;;;;;;;;4*+2/p-8. The predicted molar refractivity (Wildman–Crippen MR) is 468 cm³/mol. The molecule has 19 heteroatoms. The molecule has 0 radical (unpaired) electrons. The smallest absolute Gasteiger partial charge is 0.0964 e. The second kappa shape index (κ2) is 64.0. The Hall–Kier alpha value is -7.58. The molecule has 0 atom stereocenters. The third-order valence-electron chi connectivity index (χ3n) is 12.5. The molecule has 110 heavy (non-hydrogen) atoms. The van der Waals surface area contributed by atoms with Crippen LogP contribution in [0.3, 0.4) is 0 Å². The van der Waals surface area contributed by atoms with E-state index in [9.17, 15) is 0 Å². The first-order chi connectivity index (χ1) is 51.3. The number of benzene rings is 6. The van der Waals surface area contributed by atoms with Gasteiger partial charge in [-0.05, 0) is 106 Å². The molecule has 13 rings (SSSR count). The summed E-state index contributed by atoms with van der Waals surface area (Å²) in [7, 11) is 43.5. The molecule has 0 aliphatic rings. The molecule has 0 bridgehead atoms. The fourth-order valence-corrected chi connectivity index (χ4v) is 11.8. The summed E-state index contributed by atoms with van der Waals surface area (Å²) in [5, 5.41) is 2.28. The van der Waals surface area contributed by atoms with Gasteiger partial charge in [0, 0.05) is 78.9 Å². The number of nitrogens with zero attached hydrogens (tertiary/aromatic N) is 7. The summed E-state index contributed by atoms with van der Waals surface area (Å²) in [6.07, 6.45) is 19.8. The maximum Gasteiger partial charge on any atom is 0.0964 e. The minimum absolute atomic E-state index is 0. The number of hydrogen-bond donors (Lipinski definition) is 0. The Labute approximate surface area is 706 Å². The second-order valence-corrected chi connectivity index (χ2v) is 42.8. The van der Waals surface area contributed by atoms with Gasteiger partial charge >= 0.3 is 249 Å². The van der Waals surface area contributed by atoms with Gasteiger partial charge in [-0.15, -0.1) is 47.0 Å². The SMILES string of the molecule is CC(C)=C=[C]=[Ru]([Cl])[Cl].CC(C)=C=[C]=[Ru]([Cl])[Cl].CC(C)=C=[C]=[Ru]([Cl])[Cl].CC(C)=C=[C]=[Ru]([Cl])[Cl].[CH3-].[CH3-].[CH3-].[CH3-].[c-]1ccc(-c2ccccc2)cc1.[c-]1ccc(-c2ccncc2)cc1.[c-]1ccccc1-c1ccccn1.c1cc(-c2ccncc2)ccn1.c1ccc(-c2ccncc2)cc1.c1cnc2c(c1)ccc1cccnc12. The van der Waals surface area contributed by atoms with Crippen molar-refractivity contribution in [2.45, 2.75) is 55.4 Å². The quantitative estimate of drug-likeness (QED) is 0.0734. The van der Waals surface area contributed by atoms with Crippen LogP contribution in [0.1, 0.15) is 55.4 Å². The number of hydrogen-bond acceptors (Lipinski definition) is 7. The molecule has 0 aliphatic heterocycles. The maximum absolute atomic E-state index is 5.44. The van der Waals surface area contributed by atoms with Gasteiger partial charge in [0.2, 0.25) is 0 Å². The van der Waals surface area contributed by atoms with E-state index in [0.29, 0.717) is 0 Å². The van der Waals surface area contributed by atoms with Crippen LogP contribution in [-0.4, -0.2) is 51.9 Å². The molecule has 7 nitrogen and oxygen atoms in total. The fraction of sp³-hybridized carbons (Fsp3) is 0.0879. The molecule has 0 N–H and O–H groups in total. The summed E-state index contributed by atoms with van der Waals surface area (Å²) < 4.78 is 10.9. The van der Waals surface area contributed by atoms with E-state index in [2.05, 4.69) is 154 Å². The molecule has 0 unspecified atom stereocenters. The average Bonchev–Trinajstić information content (AvgIpc) is 0.798. The van der Waals surface area contributed by atoms with Gasteiger partial charge in [-0.25, -0.2) is 0 Å². The van der Waals surface area contributed by atoms with E-state index in [1.54, 1.807) is 55.8 Å². The Morgan fingerprint density at radius 1 is 0.264 bits per heavy atom. The fourth-order valence-electron chi connectivity index (χ4n) is 7.84. The van der Waals surface area contributed by atoms with Crippen LogP contribution in [0.5, 0.6) is 0 Å². The Balaban J connectivity index is 0.00000120. The van der Waals surface area contributed by atoms with E-state index in [-0.39, 0.29) is 29.7 Å². The zero-order valence-electron chi connectivity index (χ0n) is 62.9. The molecule has 0 fully saturated rings. The van der Waals surface area contributed by atoms with E-state index in [1.807, 2.05) is 244 Å². The van der Waals surface area contributed by atoms with Gasteiger partial charge < -0.3 is 34.7 Å². The Morgan fingerprint density at radius 3 is 0.791 bits per heavy atom. The van der Waals surface area contributed by atoms with E-state index in [1.165, 1.54) is 44.5 Å². The van der Waals surface area contributed by atoms with Crippen molar-refractivity contribution in [2.24, 2.45) is 0 Å². The molecule has 7 heterocycles. The number of pyridine rings is 7. The Kier molecular flexibility index (Phi) is 59.6. The van der Waals surface area contributed by atoms with Crippen LogP contribution in [0.25, 0.3) is 77.6 Å². The van der Waals surface area contributed by atoms with Crippen molar-refractivity contribution in [3.63, 3.8) is 0 Å². The van der Waals surface area contributed by atoms with Gasteiger partial charge in [-0.3, -0.25) is 29.9 Å². The van der Waals surface area contributed by atoms with Crippen LogP contribution in [-0.2, 0) is 54.1 Å². The second-order valence-electron chi connectivity index (χ2n) is 21.6. The molecule has 0 saturated carbocycles. The molecule has 0 aliphatic carbocycles. The third-order valence-corrected chi connectivity index (χ3v) is 17.8. The zero-order valence-corrected chi connectivity index (χ0v) is 75.9. The van der Waals surface area contributed by atoms with E-state index >= 15 is 0 Å². The number of halogens is 8. The van der Waals surface area contributed by atoms with Crippen molar-refractivity contribution in [3.8, 4) is 55.8 Å². The Bertz CT molecular complexity index is 4180. The van der Waals surface area contributed by atoms with Crippen LogP contribution in [0, 0.1) is 47.9 Å². The third kappa shape index (κ3) is 48.3. The monoisotopic (exact) mass is 1960 g/mol. The minimum Gasteiger partial charge on any atom is -0.358 e. The van der Waals surface area contributed by atoms with Gasteiger partial charge in [0.05, 0.1) is 11.0 Å². The van der Waals surface area contributed by atoms with Crippen LogP contribution in [0.15, 0.2) is 350 Å². The normalized spacial score (nSPS) is 9.35. The molecular formula is C91H86Cl8N7Ru4-7. The summed E-state index contributed by atoms with van der Waals surface area (Å²) in [4.78, 5) is 28.8. The van der Waals surface area contributed by atoms with Crippen LogP contribution < -0.4 is 0 Å². The Morgan fingerprint density at radius 2 is 0.536 bits per heavy atom. The van der Waals surface area contributed by atoms with Crippen molar-refractivity contribution in [3.05, 3.63) is 398 Å². The summed E-state index contributed by atoms with van der Waals surface area (Å²) in [5.74, 6) is 0. The largest absolute Gasteiger partial charge is 0.358 e. The number of allylic oxidation sites excluding steroid dienone is 4. The van der Waals surface area contributed by atoms with Crippen molar-refractivity contribution >= 4 is 116 Å². The minimum atomic E-state index is -1.70. The van der Waals surface area contributed by atoms with Crippen LogP contribution >= 0.6 is 77.5 Å². The van der Waals surface area contributed by atoms with Gasteiger partial charge in [0.1, 0.15) is 0 Å². The number of fused-ring (bicyclic) bond motifs is 3. The summed E-state index contributed by atoms with van der Waals surface area (Å²) in [6.45, 7) is 15.4. The topological polar surface area (TPSA) is 90.2 Å². The summed E-state index contributed by atoms with van der Waals surface area (Å²) in [5.41, 5.74) is 29.1. The molecule has 13 aromatic rings. The molecule has 0 saturated heterocycles. The molecule has 580 valence electrons. The van der Waals surface area contributed by atoms with Crippen molar-refractivity contribution < 1.29 is 54.1 Å². The van der Waals surface area contributed by atoms with Crippen molar-refractivity contribution in [2.75, 3.05) is 0 Å². The summed E-state index contributed by atoms with van der Waals surface area (Å²) in [6, 6.07) is 87.4. The van der Waals surface area contributed by atoms with Gasteiger partial charge in [0.25, 0.3) is 0 Å². The van der Waals surface area contributed by atoms with Gasteiger partial charge in [-0.1, -0.05) is 97.1 Å². The predicted octanol–water partition coefficient (Wildman–Crippen LogP) is 27.5. The van der Waals surface area contributed by atoms with E-state index in [0.717, 1.165) is 55.4 Å².